The molecule has 0 aliphatic carbocycles. The van der Waals surface area contributed by atoms with Gasteiger partial charge in [-0.3, -0.25) is 4.79 Å². The minimum atomic E-state index is -0.667. The lowest BCUT2D eigenvalue weighted by Gasteiger charge is -2.18. The molecule has 0 saturated carbocycles. The first kappa shape index (κ1) is 16.7. The van der Waals surface area contributed by atoms with Crippen molar-refractivity contribution in [1.29, 1.82) is 0 Å². The maximum Gasteiger partial charge on any atom is 0.237 e. The van der Waals surface area contributed by atoms with Crippen LogP contribution in [0.4, 0.5) is 0 Å². The van der Waals surface area contributed by atoms with E-state index in [0.717, 1.165) is 5.76 Å². The normalized spacial score (nSPS) is 14.2. The topological polar surface area (TPSA) is 83.7 Å². The third kappa shape index (κ3) is 6.70. The first-order valence-electron chi connectivity index (χ1n) is 6.81. The van der Waals surface area contributed by atoms with E-state index in [-0.39, 0.29) is 24.6 Å². The van der Waals surface area contributed by atoms with Crippen LogP contribution in [0.15, 0.2) is 22.8 Å². The average molecular weight is 284 g/mol. The van der Waals surface area contributed by atoms with Crippen LogP contribution in [-0.4, -0.2) is 42.4 Å². The number of rotatable bonds is 9. The van der Waals surface area contributed by atoms with E-state index in [2.05, 4.69) is 10.6 Å². The minimum absolute atomic E-state index is 0.0799. The number of ether oxygens (including phenoxy) is 1. The molecule has 1 aromatic heterocycles. The Hall–Kier alpha value is -1.37. The van der Waals surface area contributed by atoms with E-state index >= 15 is 0 Å². The molecule has 114 valence electrons. The summed E-state index contributed by atoms with van der Waals surface area (Å²) >= 11 is 0. The van der Waals surface area contributed by atoms with Gasteiger partial charge in [-0.15, -0.1) is 0 Å². The number of carbonyl (C=O) groups excluding carboxylic acids is 1. The molecule has 1 heterocycles. The molecule has 0 fully saturated rings. The van der Waals surface area contributed by atoms with Crippen molar-refractivity contribution in [1.82, 2.24) is 10.6 Å². The Morgan fingerprint density at radius 1 is 1.45 bits per heavy atom. The third-order valence-corrected chi connectivity index (χ3v) is 2.62. The Morgan fingerprint density at radius 3 is 2.80 bits per heavy atom. The number of aliphatic hydroxyl groups excluding tert-OH is 1. The molecule has 1 amide bonds. The Morgan fingerprint density at radius 2 is 2.20 bits per heavy atom. The standard InChI is InChI=1S/C14H24N2O4/c1-10(2)16-14(18)11(3)15-7-12(17)8-19-9-13-5-4-6-20-13/h4-6,10-12,15,17H,7-9H2,1-3H3,(H,16,18). The number of nitrogens with one attached hydrogen (secondary N) is 2. The van der Waals surface area contributed by atoms with E-state index in [4.69, 9.17) is 9.15 Å². The predicted octanol–water partition coefficient (Wildman–Crippen LogP) is 0.660. The van der Waals surface area contributed by atoms with Crippen molar-refractivity contribution in [3.05, 3.63) is 24.2 Å². The highest BCUT2D eigenvalue weighted by Gasteiger charge is 2.14. The Kier molecular flexibility index (Phi) is 7.28. The molecular formula is C14H24N2O4. The van der Waals surface area contributed by atoms with Crippen molar-refractivity contribution in [2.45, 2.75) is 45.6 Å². The summed E-state index contributed by atoms with van der Waals surface area (Å²) in [6, 6.07) is 3.35. The van der Waals surface area contributed by atoms with Crippen molar-refractivity contribution in [3.8, 4) is 0 Å². The number of aliphatic hydroxyl groups is 1. The molecule has 0 bridgehead atoms. The van der Waals surface area contributed by atoms with Gasteiger partial charge >= 0.3 is 0 Å². The van der Waals surface area contributed by atoms with Crippen molar-refractivity contribution in [3.63, 3.8) is 0 Å². The second kappa shape index (κ2) is 8.73. The molecule has 6 nitrogen and oxygen atoms in total. The largest absolute Gasteiger partial charge is 0.467 e. The summed E-state index contributed by atoms with van der Waals surface area (Å²) < 4.78 is 10.4. The molecule has 0 spiro atoms. The highest BCUT2D eigenvalue weighted by Crippen LogP contribution is 2.02. The number of hydrogen-bond donors (Lipinski definition) is 3. The highest BCUT2D eigenvalue weighted by atomic mass is 16.5. The van der Waals surface area contributed by atoms with Crippen LogP contribution in [0.1, 0.15) is 26.5 Å². The maximum absolute atomic E-state index is 11.6. The number of furan rings is 1. The van der Waals surface area contributed by atoms with Crippen molar-refractivity contribution >= 4 is 5.91 Å². The predicted molar refractivity (Wildman–Crippen MR) is 75.1 cm³/mol. The van der Waals surface area contributed by atoms with Gasteiger partial charge in [0.1, 0.15) is 12.4 Å². The molecule has 0 aliphatic rings. The number of carbonyl (C=O) groups is 1. The van der Waals surface area contributed by atoms with Crippen molar-refractivity contribution in [2.24, 2.45) is 0 Å². The fourth-order valence-electron chi connectivity index (χ4n) is 1.56. The third-order valence-electron chi connectivity index (χ3n) is 2.62. The SMILES string of the molecule is CC(C)NC(=O)C(C)NCC(O)COCc1ccco1. The van der Waals surface area contributed by atoms with E-state index in [1.807, 2.05) is 19.9 Å². The molecule has 1 aromatic rings. The molecule has 2 atom stereocenters. The molecule has 1 rings (SSSR count). The molecule has 6 heteroatoms. The van der Waals surface area contributed by atoms with E-state index < -0.39 is 6.10 Å². The van der Waals surface area contributed by atoms with Crippen LogP contribution in [0.5, 0.6) is 0 Å². The van der Waals surface area contributed by atoms with Gasteiger partial charge in [0.15, 0.2) is 0 Å². The number of hydrogen-bond acceptors (Lipinski definition) is 5. The molecule has 0 saturated heterocycles. The molecule has 0 aliphatic heterocycles. The van der Waals surface area contributed by atoms with E-state index in [1.54, 1.807) is 19.3 Å². The van der Waals surface area contributed by atoms with Gasteiger partial charge in [-0.05, 0) is 32.9 Å². The van der Waals surface area contributed by atoms with Crippen LogP contribution in [0.25, 0.3) is 0 Å². The summed E-state index contributed by atoms with van der Waals surface area (Å²) in [7, 11) is 0. The van der Waals surface area contributed by atoms with Gasteiger partial charge in [0.2, 0.25) is 5.91 Å². The van der Waals surface area contributed by atoms with Gasteiger partial charge in [0.25, 0.3) is 0 Å². The fourth-order valence-corrected chi connectivity index (χ4v) is 1.56. The van der Waals surface area contributed by atoms with Gasteiger partial charge < -0.3 is 24.9 Å². The fraction of sp³-hybridized carbons (Fsp3) is 0.643. The summed E-state index contributed by atoms with van der Waals surface area (Å²) in [5.41, 5.74) is 0. The average Bonchev–Trinajstić information content (AvgIpc) is 2.88. The monoisotopic (exact) mass is 284 g/mol. The zero-order valence-corrected chi connectivity index (χ0v) is 12.3. The zero-order valence-electron chi connectivity index (χ0n) is 12.3. The van der Waals surface area contributed by atoms with Crippen LogP contribution in [0, 0.1) is 0 Å². The van der Waals surface area contributed by atoms with Crippen LogP contribution in [-0.2, 0) is 16.1 Å². The molecule has 0 radical (unpaired) electrons. The maximum atomic E-state index is 11.6. The Balaban J connectivity index is 2.12. The Bertz CT molecular complexity index is 379. The first-order valence-corrected chi connectivity index (χ1v) is 6.81. The van der Waals surface area contributed by atoms with Crippen molar-refractivity contribution < 1.29 is 19.1 Å². The summed E-state index contributed by atoms with van der Waals surface area (Å²) in [5.74, 6) is 0.638. The Labute approximate surface area is 119 Å². The smallest absolute Gasteiger partial charge is 0.237 e. The second-order valence-corrected chi connectivity index (χ2v) is 5.04. The molecule has 0 aromatic carbocycles. The second-order valence-electron chi connectivity index (χ2n) is 5.04. The van der Waals surface area contributed by atoms with E-state index in [1.165, 1.54) is 0 Å². The summed E-state index contributed by atoms with van der Waals surface area (Å²) in [6.45, 7) is 6.38. The molecule has 20 heavy (non-hydrogen) atoms. The molecular weight excluding hydrogens is 260 g/mol. The zero-order chi connectivity index (χ0) is 15.0. The van der Waals surface area contributed by atoms with Crippen LogP contribution < -0.4 is 10.6 Å². The van der Waals surface area contributed by atoms with Crippen LogP contribution >= 0.6 is 0 Å². The lowest BCUT2D eigenvalue weighted by atomic mass is 10.2. The van der Waals surface area contributed by atoms with E-state index in [9.17, 15) is 9.90 Å². The van der Waals surface area contributed by atoms with Crippen LogP contribution in [0.2, 0.25) is 0 Å². The quantitative estimate of drug-likeness (QED) is 0.620. The van der Waals surface area contributed by atoms with Crippen LogP contribution in [0.3, 0.4) is 0 Å². The summed E-state index contributed by atoms with van der Waals surface area (Å²) in [5, 5.41) is 15.5. The minimum Gasteiger partial charge on any atom is -0.467 e. The molecule has 3 N–H and O–H groups in total. The van der Waals surface area contributed by atoms with E-state index in [0.29, 0.717) is 13.2 Å². The van der Waals surface area contributed by atoms with Gasteiger partial charge in [-0.1, -0.05) is 0 Å². The summed E-state index contributed by atoms with van der Waals surface area (Å²) in [6.07, 6.45) is 0.908. The lowest BCUT2D eigenvalue weighted by molar-refractivity contribution is -0.123. The highest BCUT2D eigenvalue weighted by molar-refractivity contribution is 5.81. The van der Waals surface area contributed by atoms with Gasteiger partial charge in [0.05, 0.1) is 25.0 Å². The van der Waals surface area contributed by atoms with Gasteiger partial charge in [-0.25, -0.2) is 0 Å². The molecule has 2 unspecified atom stereocenters. The lowest BCUT2D eigenvalue weighted by Crippen LogP contribution is -2.47. The van der Waals surface area contributed by atoms with Crippen molar-refractivity contribution in [2.75, 3.05) is 13.2 Å². The first-order chi connectivity index (χ1) is 9.49. The summed E-state index contributed by atoms with van der Waals surface area (Å²) in [4.78, 5) is 11.6. The van der Waals surface area contributed by atoms with Gasteiger partial charge in [-0.2, -0.15) is 0 Å². The van der Waals surface area contributed by atoms with Gasteiger partial charge in [0, 0.05) is 12.6 Å². The number of amides is 1.